The number of aryl methyl sites for hydroxylation is 2. The fourth-order valence-corrected chi connectivity index (χ4v) is 2.89. The first-order valence-electron chi connectivity index (χ1n) is 3.57. The lowest BCUT2D eigenvalue weighted by atomic mass is 10.2. The van der Waals surface area contributed by atoms with Crippen LogP contribution in [0.3, 0.4) is 0 Å². The van der Waals surface area contributed by atoms with Crippen molar-refractivity contribution in [1.82, 2.24) is 9.36 Å². The summed E-state index contributed by atoms with van der Waals surface area (Å²) in [6.07, 6.45) is 0. The van der Waals surface area contributed by atoms with Crippen molar-refractivity contribution in [3.8, 4) is 0 Å². The van der Waals surface area contributed by atoms with Crippen molar-refractivity contribution in [1.29, 1.82) is 0 Å². The van der Waals surface area contributed by atoms with E-state index in [1.165, 1.54) is 17.1 Å². The predicted molar refractivity (Wildman–Crippen MR) is 54.6 cm³/mol. The van der Waals surface area contributed by atoms with E-state index in [1.807, 2.05) is 6.92 Å². The van der Waals surface area contributed by atoms with Crippen molar-refractivity contribution in [2.75, 3.05) is 0 Å². The number of fused-ring (bicyclic) bond motifs is 1. The first kappa shape index (κ1) is 8.13. The van der Waals surface area contributed by atoms with Crippen LogP contribution in [0.2, 0.25) is 0 Å². The highest BCUT2D eigenvalue weighted by Gasteiger charge is 2.07. The average Bonchev–Trinajstić information content (AvgIpc) is 2.31. The molecule has 0 N–H and O–H groups in total. The molecule has 0 aliphatic carbocycles. The van der Waals surface area contributed by atoms with Crippen LogP contribution in [0.1, 0.15) is 11.3 Å². The highest BCUT2D eigenvalue weighted by atomic mass is 79.9. The van der Waals surface area contributed by atoms with Crippen LogP contribution in [0, 0.1) is 13.8 Å². The van der Waals surface area contributed by atoms with E-state index in [0.717, 1.165) is 20.5 Å². The Bertz CT molecular complexity index is 436. The quantitative estimate of drug-likeness (QED) is 0.710. The Balaban J connectivity index is 2.93. The van der Waals surface area contributed by atoms with Crippen LogP contribution in [0.25, 0.3) is 10.2 Å². The Hall–Kier alpha value is -0.480. The molecule has 2 nitrogen and oxygen atoms in total. The van der Waals surface area contributed by atoms with Crippen LogP contribution in [0.15, 0.2) is 10.7 Å². The van der Waals surface area contributed by atoms with E-state index < -0.39 is 0 Å². The van der Waals surface area contributed by atoms with E-state index in [0.29, 0.717) is 0 Å². The molecule has 0 spiro atoms. The fraction of sp³-hybridized carbons (Fsp3) is 0.250. The third kappa shape index (κ3) is 1.15. The summed E-state index contributed by atoms with van der Waals surface area (Å²) in [6.45, 7) is 4.08. The molecule has 62 valence electrons. The molecule has 0 aliphatic heterocycles. The molecular formula is C8H7BrN2S. The zero-order valence-corrected chi connectivity index (χ0v) is 9.16. The van der Waals surface area contributed by atoms with Crippen molar-refractivity contribution in [3.05, 3.63) is 21.9 Å². The maximum Gasteiger partial charge on any atom is 0.145 e. The summed E-state index contributed by atoms with van der Waals surface area (Å²) in [6, 6.07) is 2.07. The Morgan fingerprint density at radius 3 is 2.92 bits per heavy atom. The van der Waals surface area contributed by atoms with Gasteiger partial charge in [0.1, 0.15) is 9.43 Å². The summed E-state index contributed by atoms with van der Waals surface area (Å²) in [5.74, 6) is 0. The maximum absolute atomic E-state index is 4.38. The van der Waals surface area contributed by atoms with Gasteiger partial charge in [0.15, 0.2) is 0 Å². The van der Waals surface area contributed by atoms with Gasteiger partial charge in [0.2, 0.25) is 0 Å². The molecule has 2 aromatic rings. The molecule has 0 saturated carbocycles. The van der Waals surface area contributed by atoms with Crippen LogP contribution < -0.4 is 0 Å². The molecule has 0 atom stereocenters. The van der Waals surface area contributed by atoms with Gasteiger partial charge in [0.05, 0.1) is 0 Å². The van der Waals surface area contributed by atoms with Gasteiger partial charge >= 0.3 is 0 Å². The molecule has 2 heterocycles. The monoisotopic (exact) mass is 242 g/mol. The van der Waals surface area contributed by atoms with Crippen molar-refractivity contribution in [2.24, 2.45) is 0 Å². The third-order valence-corrected chi connectivity index (χ3v) is 3.28. The zero-order chi connectivity index (χ0) is 8.72. The van der Waals surface area contributed by atoms with Crippen LogP contribution >= 0.6 is 27.5 Å². The van der Waals surface area contributed by atoms with Crippen molar-refractivity contribution in [3.63, 3.8) is 0 Å². The lowest BCUT2D eigenvalue weighted by Gasteiger charge is -1.96. The number of hydrogen-bond donors (Lipinski definition) is 0. The Labute approximate surface area is 82.9 Å². The number of nitrogens with zero attached hydrogens (tertiary/aromatic N) is 2. The third-order valence-electron chi connectivity index (χ3n) is 1.73. The van der Waals surface area contributed by atoms with Gasteiger partial charge in [0, 0.05) is 11.1 Å². The largest absolute Gasteiger partial charge is 0.241 e. The molecule has 0 amide bonds. The molecule has 2 aromatic heterocycles. The first-order chi connectivity index (χ1) is 5.68. The molecule has 0 saturated heterocycles. The maximum atomic E-state index is 4.38. The van der Waals surface area contributed by atoms with Crippen molar-refractivity contribution in [2.45, 2.75) is 13.8 Å². The van der Waals surface area contributed by atoms with Crippen LogP contribution in [-0.2, 0) is 0 Å². The zero-order valence-electron chi connectivity index (χ0n) is 6.76. The summed E-state index contributed by atoms with van der Waals surface area (Å²) in [5, 5.41) is 1.14. The molecule has 4 heteroatoms. The molecule has 0 aromatic carbocycles. The molecule has 2 rings (SSSR count). The summed E-state index contributed by atoms with van der Waals surface area (Å²) >= 11 is 4.84. The van der Waals surface area contributed by atoms with Gasteiger partial charge in [-0.2, -0.15) is 4.37 Å². The van der Waals surface area contributed by atoms with Gasteiger partial charge in [0.25, 0.3) is 0 Å². The molecule has 12 heavy (non-hydrogen) atoms. The normalized spacial score (nSPS) is 10.9. The number of halogens is 1. The van der Waals surface area contributed by atoms with Gasteiger partial charge in [-0.1, -0.05) is 0 Å². The van der Waals surface area contributed by atoms with Gasteiger partial charge in [-0.05, 0) is 52.9 Å². The highest BCUT2D eigenvalue weighted by Crippen LogP contribution is 2.28. The van der Waals surface area contributed by atoms with E-state index in [1.54, 1.807) is 0 Å². The highest BCUT2D eigenvalue weighted by molar-refractivity contribution is 9.10. The second-order valence-electron chi connectivity index (χ2n) is 2.73. The van der Waals surface area contributed by atoms with E-state index >= 15 is 0 Å². The summed E-state index contributed by atoms with van der Waals surface area (Å²) in [5.41, 5.74) is 2.29. The minimum atomic E-state index is 0.910. The second kappa shape index (κ2) is 2.78. The molecule has 0 unspecified atom stereocenters. The van der Waals surface area contributed by atoms with E-state index in [-0.39, 0.29) is 0 Å². The molecule has 0 aliphatic rings. The van der Waals surface area contributed by atoms with Gasteiger partial charge in [-0.15, -0.1) is 0 Å². The van der Waals surface area contributed by atoms with Crippen LogP contribution in [0.5, 0.6) is 0 Å². The number of rotatable bonds is 0. The topological polar surface area (TPSA) is 25.8 Å². The van der Waals surface area contributed by atoms with Gasteiger partial charge in [-0.3, -0.25) is 0 Å². The number of hydrogen-bond acceptors (Lipinski definition) is 3. The van der Waals surface area contributed by atoms with Gasteiger partial charge in [-0.25, -0.2) is 4.98 Å². The SMILES string of the molecule is Cc1cc(C)c2c(Br)nsc2n1. The molecular weight excluding hydrogens is 236 g/mol. The molecule has 0 bridgehead atoms. The number of pyridine rings is 1. The molecule has 0 fully saturated rings. The predicted octanol–water partition coefficient (Wildman–Crippen LogP) is 3.07. The van der Waals surface area contributed by atoms with Crippen LogP contribution in [-0.4, -0.2) is 9.36 Å². The lowest BCUT2D eigenvalue weighted by molar-refractivity contribution is 1.25. The average molecular weight is 243 g/mol. The van der Waals surface area contributed by atoms with E-state index in [4.69, 9.17) is 0 Å². The summed E-state index contributed by atoms with van der Waals surface area (Å²) in [4.78, 5) is 5.40. The number of aromatic nitrogens is 2. The van der Waals surface area contributed by atoms with E-state index in [2.05, 4.69) is 38.3 Å². The van der Waals surface area contributed by atoms with Gasteiger partial charge < -0.3 is 0 Å². The Morgan fingerprint density at radius 2 is 2.17 bits per heavy atom. The smallest absolute Gasteiger partial charge is 0.145 e. The second-order valence-corrected chi connectivity index (χ2v) is 4.24. The first-order valence-corrected chi connectivity index (χ1v) is 5.14. The minimum Gasteiger partial charge on any atom is -0.241 e. The fourth-order valence-electron chi connectivity index (χ4n) is 1.25. The summed E-state index contributed by atoms with van der Waals surface area (Å²) < 4.78 is 5.10. The Kier molecular flexibility index (Phi) is 1.88. The van der Waals surface area contributed by atoms with Crippen molar-refractivity contribution >= 4 is 37.7 Å². The minimum absolute atomic E-state index is 0.910. The van der Waals surface area contributed by atoms with Crippen molar-refractivity contribution < 1.29 is 0 Å². The standard InChI is InChI=1S/C8H7BrN2S/c1-4-3-5(2)10-8-6(4)7(9)11-12-8/h3H,1-2H3. The van der Waals surface area contributed by atoms with Crippen LogP contribution in [0.4, 0.5) is 0 Å². The van der Waals surface area contributed by atoms with E-state index in [9.17, 15) is 0 Å². The lowest BCUT2D eigenvalue weighted by Crippen LogP contribution is -1.83. The molecule has 0 radical (unpaired) electrons. The Morgan fingerprint density at radius 1 is 1.42 bits per heavy atom. The summed E-state index contributed by atoms with van der Waals surface area (Å²) in [7, 11) is 0.